The first-order valence-electron chi connectivity index (χ1n) is 8.72. The van der Waals surface area contributed by atoms with Crippen molar-refractivity contribution in [2.45, 2.75) is 40.2 Å². The Kier molecular flexibility index (Phi) is 6.80. The lowest BCUT2D eigenvalue weighted by atomic mass is 9.68. The predicted molar refractivity (Wildman–Crippen MR) is 96.5 cm³/mol. The molecule has 24 heavy (non-hydrogen) atoms. The minimum absolute atomic E-state index is 0.166. The Balaban J connectivity index is 1.82. The lowest BCUT2D eigenvalue weighted by Crippen LogP contribution is -2.35. The van der Waals surface area contributed by atoms with Crippen LogP contribution in [-0.2, 0) is 20.9 Å². The number of benzene rings is 1. The summed E-state index contributed by atoms with van der Waals surface area (Å²) in [5.41, 5.74) is 0.818. The highest BCUT2D eigenvalue weighted by molar-refractivity contribution is 5.96. The molecule has 0 aliphatic heterocycles. The van der Waals surface area contributed by atoms with Crippen molar-refractivity contribution in [1.29, 1.82) is 0 Å². The SMILES string of the molecule is CCOC1=CC(=O)[C@@](C)([C@@H](C)/C=C/COCc2ccccc2)CC1. The van der Waals surface area contributed by atoms with E-state index in [1.54, 1.807) is 6.08 Å². The van der Waals surface area contributed by atoms with Crippen LogP contribution in [0.5, 0.6) is 0 Å². The van der Waals surface area contributed by atoms with Crippen LogP contribution in [0.1, 0.15) is 39.2 Å². The van der Waals surface area contributed by atoms with Crippen LogP contribution in [-0.4, -0.2) is 19.0 Å². The first-order chi connectivity index (χ1) is 11.6. The van der Waals surface area contributed by atoms with Crippen molar-refractivity contribution >= 4 is 5.78 Å². The summed E-state index contributed by atoms with van der Waals surface area (Å²) in [4.78, 5) is 12.5. The molecule has 1 aromatic carbocycles. The fourth-order valence-corrected chi connectivity index (χ4v) is 2.93. The van der Waals surface area contributed by atoms with Gasteiger partial charge in [-0.1, -0.05) is 56.3 Å². The van der Waals surface area contributed by atoms with Crippen molar-refractivity contribution in [2.24, 2.45) is 11.3 Å². The average Bonchev–Trinajstić information content (AvgIpc) is 2.59. The van der Waals surface area contributed by atoms with Gasteiger partial charge in [-0.2, -0.15) is 0 Å². The summed E-state index contributed by atoms with van der Waals surface area (Å²) < 4.78 is 11.1. The molecule has 0 saturated carbocycles. The maximum absolute atomic E-state index is 12.5. The van der Waals surface area contributed by atoms with Crippen molar-refractivity contribution < 1.29 is 14.3 Å². The average molecular weight is 328 g/mol. The van der Waals surface area contributed by atoms with Crippen molar-refractivity contribution in [3.05, 3.63) is 59.9 Å². The molecule has 1 aliphatic carbocycles. The molecule has 0 N–H and O–H groups in total. The normalized spacial score (nSPS) is 22.5. The number of rotatable bonds is 8. The molecule has 3 heteroatoms. The molecule has 2 rings (SSSR count). The fourth-order valence-electron chi connectivity index (χ4n) is 2.93. The largest absolute Gasteiger partial charge is 0.498 e. The second-order valence-corrected chi connectivity index (χ2v) is 6.54. The summed E-state index contributed by atoms with van der Waals surface area (Å²) in [6, 6.07) is 10.1. The lowest BCUT2D eigenvalue weighted by molar-refractivity contribution is -0.126. The van der Waals surface area contributed by atoms with E-state index in [2.05, 4.69) is 25.1 Å². The Morgan fingerprint density at radius 1 is 1.29 bits per heavy atom. The van der Waals surface area contributed by atoms with E-state index in [9.17, 15) is 4.79 Å². The first-order valence-corrected chi connectivity index (χ1v) is 8.72. The summed E-state index contributed by atoms with van der Waals surface area (Å²) in [5.74, 6) is 1.16. The fraction of sp³-hybridized carbons (Fsp3) is 0.476. The molecule has 0 heterocycles. The molecule has 0 amide bonds. The van der Waals surface area contributed by atoms with E-state index in [0.717, 1.165) is 18.6 Å². The summed E-state index contributed by atoms with van der Waals surface area (Å²) in [6.07, 6.45) is 7.46. The van der Waals surface area contributed by atoms with Gasteiger partial charge < -0.3 is 9.47 Å². The molecule has 2 atom stereocenters. The van der Waals surface area contributed by atoms with E-state index in [-0.39, 0.29) is 17.1 Å². The molecule has 0 spiro atoms. The molecular weight excluding hydrogens is 300 g/mol. The maximum Gasteiger partial charge on any atom is 0.165 e. The molecule has 0 saturated heterocycles. The zero-order valence-corrected chi connectivity index (χ0v) is 15.0. The number of hydrogen-bond donors (Lipinski definition) is 0. The van der Waals surface area contributed by atoms with Gasteiger partial charge in [0.15, 0.2) is 5.78 Å². The van der Waals surface area contributed by atoms with Crippen LogP contribution in [0.3, 0.4) is 0 Å². The molecule has 0 fully saturated rings. The van der Waals surface area contributed by atoms with Crippen LogP contribution in [0, 0.1) is 11.3 Å². The van der Waals surface area contributed by atoms with Crippen LogP contribution < -0.4 is 0 Å². The third-order valence-corrected chi connectivity index (χ3v) is 4.83. The summed E-state index contributed by atoms with van der Waals surface area (Å²) >= 11 is 0. The molecular formula is C21H28O3. The summed E-state index contributed by atoms with van der Waals surface area (Å²) in [5, 5.41) is 0. The Bertz CT molecular complexity index is 588. The number of allylic oxidation sites excluding steroid dienone is 3. The van der Waals surface area contributed by atoms with E-state index in [0.29, 0.717) is 19.8 Å². The van der Waals surface area contributed by atoms with Crippen LogP contribution in [0.15, 0.2) is 54.3 Å². The molecule has 0 radical (unpaired) electrons. The Morgan fingerprint density at radius 2 is 2.04 bits per heavy atom. The number of ether oxygens (including phenoxy) is 2. The topological polar surface area (TPSA) is 35.5 Å². The van der Waals surface area contributed by atoms with Gasteiger partial charge in [0.25, 0.3) is 0 Å². The third kappa shape index (κ3) is 4.81. The second-order valence-electron chi connectivity index (χ2n) is 6.54. The number of carbonyl (C=O) groups is 1. The van der Waals surface area contributed by atoms with Crippen LogP contribution >= 0.6 is 0 Å². The van der Waals surface area contributed by atoms with E-state index in [4.69, 9.17) is 9.47 Å². The maximum atomic E-state index is 12.5. The van der Waals surface area contributed by atoms with E-state index >= 15 is 0 Å². The number of carbonyl (C=O) groups excluding carboxylic acids is 1. The minimum Gasteiger partial charge on any atom is -0.498 e. The van der Waals surface area contributed by atoms with Crippen molar-refractivity contribution in [3.8, 4) is 0 Å². The van der Waals surface area contributed by atoms with Gasteiger partial charge in [0.1, 0.15) is 0 Å². The van der Waals surface area contributed by atoms with Crippen LogP contribution in [0.4, 0.5) is 0 Å². The van der Waals surface area contributed by atoms with E-state index in [1.165, 1.54) is 5.56 Å². The molecule has 3 nitrogen and oxygen atoms in total. The highest BCUT2D eigenvalue weighted by atomic mass is 16.5. The van der Waals surface area contributed by atoms with Gasteiger partial charge in [-0.15, -0.1) is 0 Å². The smallest absolute Gasteiger partial charge is 0.165 e. The van der Waals surface area contributed by atoms with Gasteiger partial charge in [0.2, 0.25) is 0 Å². The van der Waals surface area contributed by atoms with Crippen LogP contribution in [0.25, 0.3) is 0 Å². The predicted octanol–water partition coefficient (Wildman–Crippen LogP) is 4.69. The summed E-state index contributed by atoms with van der Waals surface area (Å²) in [6.45, 7) is 7.88. The van der Waals surface area contributed by atoms with Gasteiger partial charge in [0, 0.05) is 17.9 Å². The van der Waals surface area contributed by atoms with Crippen molar-refractivity contribution in [3.63, 3.8) is 0 Å². The Labute approximate surface area is 145 Å². The van der Waals surface area contributed by atoms with Gasteiger partial charge in [0.05, 0.1) is 25.6 Å². The zero-order chi connectivity index (χ0) is 17.4. The molecule has 0 aromatic heterocycles. The van der Waals surface area contributed by atoms with Crippen molar-refractivity contribution in [1.82, 2.24) is 0 Å². The molecule has 0 bridgehead atoms. The second kappa shape index (κ2) is 8.84. The van der Waals surface area contributed by atoms with Crippen LogP contribution in [0.2, 0.25) is 0 Å². The Hall–Kier alpha value is -1.87. The first kappa shape index (κ1) is 18.5. The highest BCUT2D eigenvalue weighted by Crippen LogP contribution is 2.39. The monoisotopic (exact) mass is 328 g/mol. The van der Waals surface area contributed by atoms with Gasteiger partial charge in [-0.3, -0.25) is 4.79 Å². The van der Waals surface area contributed by atoms with Gasteiger partial charge in [-0.25, -0.2) is 0 Å². The van der Waals surface area contributed by atoms with E-state index < -0.39 is 0 Å². The van der Waals surface area contributed by atoms with Crippen molar-refractivity contribution in [2.75, 3.05) is 13.2 Å². The standard InChI is InChI=1S/C21H28O3/c1-4-24-19-12-13-21(3,20(22)15-19)17(2)9-8-14-23-16-18-10-6-5-7-11-18/h5-11,15,17H,4,12-14,16H2,1-3H3/b9-8+/t17-,21+/m0/s1. The highest BCUT2D eigenvalue weighted by Gasteiger charge is 2.39. The van der Waals surface area contributed by atoms with E-state index in [1.807, 2.05) is 38.1 Å². The minimum atomic E-state index is -0.351. The summed E-state index contributed by atoms with van der Waals surface area (Å²) in [7, 11) is 0. The third-order valence-electron chi connectivity index (χ3n) is 4.83. The van der Waals surface area contributed by atoms with Gasteiger partial charge in [-0.05, 0) is 24.8 Å². The molecule has 0 unspecified atom stereocenters. The lowest BCUT2D eigenvalue weighted by Gasteiger charge is -2.35. The number of ketones is 1. The Morgan fingerprint density at radius 3 is 2.71 bits per heavy atom. The molecule has 130 valence electrons. The quantitative estimate of drug-likeness (QED) is 0.513. The molecule has 1 aliphatic rings. The number of hydrogen-bond acceptors (Lipinski definition) is 3. The zero-order valence-electron chi connectivity index (χ0n) is 15.0. The van der Waals surface area contributed by atoms with Gasteiger partial charge >= 0.3 is 0 Å². The molecule has 1 aromatic rings.